The Labute approximate surface area is 139 Å². The van der Waals surface area contributed by atoms with Crippen LogP contribution in [0.4, 0.5) is 0 Å². The molecule has 0 atom stereocenters. The summed E-state index contributed by atoms with van der Waals surface area (Å²) < 4.78 is 10.5. The maximum absolute atomic E-state index is 12.1. The number of rotatable bonds is 5. The molecular formula is C18H17N3O3. The van der Waals surface area contributed by atoms with E-state index in [1.807, 2.05) is 31.2 Å². The van der Waals surface area contributed by atoms with Crippen molar-refractivity contribution in [2.24, 2.45) is 0 Å². The van der Waals surface area contributed by atoms with Crippen LogP contribution in [-0.2, 0) is 6.54 Å². The van der Waals surface area contributed by atoms with Crippen LogP contribution in [0, 0.1) is 6.92 Å². The molecule has 6 nitrogen and oxygen atoms in total. The monoisotopic (exact) mass is 323 g/mol. The van der Waals surface area contributed by atoms with E-state index < -0.39 is 5.91 Å². The van der Waals surface area contributed by atoms with Gasteiger partial charge in [0.1, 0.15) is 5.75 Å². The Kier molecular flexibility index (Phi) is 4.56. The first-order chi connectivity index (χ1) is 11.7. The molecule has 0 radical (unpaired) electrons. The van der Waals surface area contributed by atoms with E-state index in [0.717, 1.165) is 16.9 Å². The van der Waals surface area contributed by atoms with Crippen molar-refractivity contribution in [3.05, 3.63) is 65.5 Å². The van der Waals surface area contributed by atoms with Crippen molar-refractivity contribution < 1.29 is 13.9 Å². The van der Waals surface area contributed by atoms with Crippen molar-refractivity contribution in [3.63, 3.8) is 0 Å². The van der Waals surface area contributed by atoms with Crippen LogP contribution in [0.5, 0.6) is 5.75 Å². The summed E-state index contributed by atoms with van der Waals surface area (Å²) in [6.45, 7) is 2.42. The number of ether oxygens (including phenoxy) is 1. The second-order valence-electron chi connectivity index (χ2n) is 5.31. The van der Waals surface area contributed by atoms with Crippen molar-refractivity contribution >= 4 is 5.91 Å². The van der Waals surface area contributed by atoms with Crippen molar-refractivity contribution in [1.82, 2.24) is 15.5 Å². The molecule has 24 heavy (non-hydrogen) atoms. The minimum absolute atomic E-state index is 0.0621. The van der Waals surface area contributed by atoms with Gasteiger partial charge in [-0.05, 0) is 36.8 Å². The van der Waals surface area contributed by atoms with Crippen molar-refractivity contribution in [2.45, 2.75) is 13.5 Å². The average Bonchev–Trinajstić information content (AvgIpc) is 3.11. The van der Waals surface area contributed by atoms with Crippen molar-refractivity contribution in [3.8, 4) is 17.2 Å². The molecule has 1 aromatic heterocycles. The van der Waals surface area contributed by atoms with Gasteiger partial charge >= 0.3 is 11.8 Å². The molecule has 0 aliphatic rings. The van der Waals surface area contributed by atoms with Gasteiger partial charge in [-0.15, -0.1) is 10.2 Å². The lowest BCUT2D eigenvalue weighted by Gasteiger charge is -2.03. The largest absolute Gasteiger partial charge is 0.497 e. The molecule has 2 aromatic carbocycles. The zero-order valence-electron chi connectivity index (χ0n) is 13.4. The molecule has 122 valence electrons. The Hall–Kier alpha value is -3.15. The van der Waals surface area contributed by atoms with E-state index >= 15 is 0 Å². The topological polar surface area (TPSA) is 77.2 Å². The Morgan fingerprint density at radius 2 is 1.79 bits per heavy atom. The Balaban J connectivity index is 1.65. The number of hydrogen-bond acceptors (Lipinski definition) is 5. The average molecular weight is 323 g/mol. The van der Waals surface area contributed by atoms with E-state index in [4.69, 9.17) is 9.15 Å². The van der Waals surface area contributed by atoms with Gasteiger partial charge in [0.25, 0.3) is 0 Å². The normalized spacial score (nSPS) is 10.4. The molecular weight excluding hydrogens is 306 g/mol. The lowest BCUT2D eigenvalue weighted by Crippen LogP contribution is -2.23. The number of aryl methyl sites for hydroxylation is 1. The first-order valence-electron chi connectivity index (χ1n) is 7.47. The smallest absolute Gasteiger partial charge is 0.309 e. The number of methoxy groups -OCH3 is 1. The van der Waals surface area contributed by atoms with Gasteiger partial charge in [0.15, 0.2) is 0 Å². The van der Waals surface area contributed by atoms with Gasteiger partial charge in [-0.25, -0.2) is 0 Å². The van der Waals surface area contributed by atoms with E-state index in [-0.39, 0.29) is 11.8 Å². The number of carbonyl (C=O) groups excluding carboxylic acids is 1. The minimum Gasteiger partial charge on any atom is -0.497 e. The molecule has 0 saturated heterocycles. The van der Waals surface area contributed by atoms with Gasteiger partial charge in [0.05, 0.1) is 7.11 Å². The molecule has 0 bridgehead atoms. The predicted molar refractivity (Wildman–Crippen MR) is 88.6 cm³/mol. The first-order valence-corrected chi connectivity index (χ1v) is 7.47. The fourth-order valence-corrected chi connectivity index (χ4v) is 2.13. The van der Waals surface area contributed by atoms with Gasteiger partial charge in [-0.1, -0.05) is 29.8 Å². The predicted octanol–water partition coefficient (Wildman–Crippen LogP) is 2.98. The Morgan fingerprint density at radius 3 is 2.46 bits per heavy atom. The Bertz CT molecular complexity index is 823. The lowest BCUT2D eigenvalue weighted by molar-refractivity contribution is 0.0917. The molecule has 0 fully saturated rings. The summed E-state index contributed by atoms with van der Waals surface area (Å²) in [5.41, 5.74) is 2.90. The van der Waals surface area contributed by atoms with E-state index in [1.165, 1.54) is 5.56 Å². The van der Waals surface area contributed by atoms with E-state index in [2.05, 4.69) is 15.5 Å². The lowest BCUT2D eigenvalue weighted by atomic mass is 10.1. The van der Waals surface area contributed by atoms with Crippen LogP contribution in [0.15, 0.2) is 52.9 Å². The van der Waals surface area contributed by atoms with Gasteiger partial charge in [-0.3, -0.25) is 4.79 Å². The number of nitrogens with one attached hydrogen (secondary N) is 1. The number of benzene rings is 2. The highest BCUT2D eigenvalue weighted by Crippen LogP contribution is 2.21. The SMILES string of the molecule is COc1ccc(-c2nnc(C(=O)NCc3ccc(C)cc3)o2)cc1. The zero-order valence-corrected chi connectivity index (χ0v) is 13.4. The third-order valence-electron chi connectivity index (χ3n) is 3.53. The van der Waals surface area contributed by atoms with Crippen LogP contribution in [0.25, 0.3) is 11.5 Å². The summed E-state index contributed by atoms with van der Waals surface area (Å²) in [6.07, 6.45) is 0. The highest BCUT2D eigenvalue weighted by Gasteiger charge is 2.15. The molecule has 0 aliphatic carbocycles. The van der Waals surface area contributed by atoms with Gasteiger partial charge in [-0.2, -0.15) is 0 Å². The van der Waals surface area contributed by atoms with Crippen LogP contribution in [0.2, 0.25) is 0 Å². The number of amides is 1. The van der Waals surface area contributed by atoms with Crippen molar-refractivity contribution in [2.75, 3.05) is 7.11 Å². The van der Waals surface area contributed by atoms with Crippen LogP contribution in [-0.4, -0.2) is 23.2 Å². The third kappa shape index (κ3) is 3.60. The molecule has 3 rings (SSSR count). The highest BCUT2D eigenvalue weighted by molar-refractivity contribution is 5.89. The molecule has 1 heterocycles. The van der Waals surface area contributed by atoms with E-state index in [0.29, 0.717) is 6.54 Å². The minimum atomic E-state index is -0.400. The number of aromatic nitrogens is 2. The maximum atomic E-state index is 12.1. The third-order valence-corrected chi connectivity index (χ3v) is 3.53. The van der Waals surface area contributed by atoms with E-state index in [9.17, 15) is 4.79 Å². The van der Waals surface area contributed by atoms with Gasteiger partial charge < -0.3 is 14.5 Å². The van der Waals surface area contributed by atoms with Crippen LogP contribution >= 0.6 is 0 Å². The number of nitrogens with zero attached hydrogens (tertiary/aromatic N) is 2. The molecule has 0 saturated carbocycles. The quantitative estimate of drug-likeness (QED) is 0.781. The number of hydrogen-bond donors (Lipinski definition) is 1. The molecule has 0 spiro atoms. The van der Waals surface area contributed by atoms with Gasteiger partial charge in [0, 0.05) is 12.1 Å². The summed E-state index contributed by atoms with van der Waals surface area (Å²) in [4.78, 5) is 12.1. The summed E-state index contributed by atoms with van der Waals surface area (Å²) in [7, 11) is 1.60. The second kappa shape index (κ2) is 6.95. The molecule has 1 amide bonds. The summed E-state index contributed by atoms with van der Waals surface area (Å²) in [6, 6.07) is 15.1. The van der Waals surface area contributed by atoms with Crippen LogP contribution < -0.4 is 10.1 Å². The highest BCUT2D eigenvalue weighted by atomic mass is 16.5. The maximum Gasteiger partial charge on any atom is 0.309 e. The summed E-state index contributed by atoms with van der Waals surface area (Å²) in [5.74, 6) is 0.559. The van der Waals surface area contributed by atoms with Gasteiger partial charge in [0.2, 0.25) is 5.89 Å². The fourth-order valence-electron chi connectivity index (χ4n) is 2.13. The van der Waals surface area contributed by atoms with E-state index in [1.54, 1.807) is 31.4 Å². The number of carbonyl (C=O) groups is 1. The van der Waals surface area contributed by atoms with Crippen molar-refractivity contribution in [1.29, 1.82) is 0 Å². The Morgan fingerprint density at radius 1 is 1.08 bits per heavy atom. The summed E-state index contributed by atoms with van der Waals surface area (Å²) in [5, 5.41) is 10.5. The van der Waals surface area contributed by atoms with Crippen LogP contribution in [0.1, 0.15) is 21.8 Å². The summed E-state index contributed by atoms with van der Waals surface area (Å²) >= 11 is 0. The molecule has 3 aromatic rings. The molecule has 0 unspecified atom stereocenters. The molecule has 6 heteroatoms. The first kappa shape index (κ1) is 15.7. The standard InChI is InChI=1S/C18H17N3O3/c1-12-3-5-13(6-4-12)11-19-16(22)18-21-20-17(24-18)14-7-9-15(23-2)10-8-14/h3-10H,11H2,1-2H3,(H,19,22). The fraction of sp³-hybridized carbons (Fsp3) is 0.167. The molecule has 0 aliphatic heterocycles. The zero-order chi connectivity index (χ0) is 16.9. The second-order valence-corrected chi connectivity index (χ2v) is 5.31. The van der Waals surface area contributed by atoms with Crippen LogP contribution in [0.3, 0.4) is 0 Å². The molecule has 1 N–H and O–H groups in total.